The highest BCUT2D eigenvalue weighted by atomic mass is 35.5. The van der Waals surface area contributed by atoms with Gasteiger partial charge in [0.2, 0.25) is 0 Å². The number of halogens is 1. The number of hydrogen-bond donors (Lipinski definition) is 2. The molecule has 1 atom stereocenters. The molecular weight excluding hydrogens is 608 g/mol. The average Bonchev–Trinajstić information content (AvgIpc) is 3.67. The van der Waals surface area contributed by atoms with Gasteiger partial charge < -0.3 is 19.9 Å². The van der Waals surface area contributed by atoms with E-state index in [0.29, 0.717) is 43.9 Å². The first-order valence-corrected chi connectivity index (χ1v) is 17.1. The number of carbonyl (C=O) groups is 1. The Morgan fingerprint density at radius 2 is 1.81 bits per heavy atom. The third-order valence-corrected chi connectivity index (χ3v) is 10.6. The van der Waals surface area contributed by atoms with Crippen molar-refractivity contribution in [3.05, 3.63) is 124 Å². The molecule has 1 heterocycles. The standard InChI is InChI=1S/C40H41ClN2O4/c1-27(25-47-37-15-20-42-36-12-6-11-34(36)37)21-30-22-29-13-14-33(46-26-28-7-3-2-4-8-28)24-35(29)39(30)16-18-40(19-17-39,38(44)45)43-32-10-5-9-31(41)23-32/h2-5,7-10,13-15,20,22-24,27,43H,6,11-12,16-19,21,25-26H2,1H3,(H,44,45)/t27-,39?,40?/m1/s1. The number of rotatable bonds is 11. The fraction of sp³-hybridized carbons (Fsp3) is 0.350. The number of anilines is 1. The Labute approximate surface area is 281 Å². The maximum Gasteiger partial charge on any atom is 0.329 e. The zero-order valence-corrected chi connectivity index (χ0v) is 27.6. The molecule has 0 amide bonds. The number of hydrogen-bond acceptors (Lipinski definition) is 5. The Hall–Kier alpha value is -4.29. The fourth-order valence-electron chi connectivity index (χ4n) is 7.82. The van der Waals surface area contributed by atoms with Crippen molar-refractivity contribution in [2.75, 3.05) is 11.9 Å². The molecule has 7 rings (SSSR count). The number of benzene rings is 3. The molecule has 1 aromatic heterocycles. The van der Waals surface area contributed by atoms with Crippen LogP contribution in [0.25, 0.3) is 6.08 Å². The molecule has 0 saturated heterocycles. The van der Waals surface area contributed by atoms with Gasteiger partial charge in [0.15, 0.2) is 0 Å². The van der Waals surface area contributed by atoms with E-state index < -0.39 is 11.5 Å². The topological polar surface area (TPSA) is 80.7 Å². The monoisotopic (exact) mass is 648 g/mol. The van der Waals surface area contributed by atoms with Crippen molar-refractivity contribution in [2.45, 2.75) is 75.9 Å². The van der Waals surface area contributed by atoms with Crippen molar-refractivity contribution in [3.63, 3.8) is 0 Å². The van der Waals surface area contributed by atoms with Crippen LogP contribution in [-0.4, -0.2) is 28.2 Å². The number of pyridine rings is 1. The van der Waals surface area contributed by atoms with Gasteiger partial charge in [-0.1, -0.05) is 72.6 Å². The number of fused-ring (bicyclic) bond motifs is 3. The number of ether oxygens (including phenoxy) is 2. The zero-order valence-electron chi connectivity index (χ0n) is 26.8. The molecule has 47 heavy (non-hydrogen) atoms. The molecule has 0 unspecified atom stereocenters. The quantitative estimate of drug-likeness (QED) is 0.169. The van der Waals surface area contributed by atoms with E-state index in [2.05, 4.69) is 53.6 Å². The predicted molar refractivity (Wildman–Crippen MR) is 186 cm³/mol. The molecule has 0 aliphatic heterocycles. The summed E-state index contributed by atoms with van der Waals surface area (Å²) in [5.41, 5.74) is 6.70. The van der Waals surface area contributed by atoms with Gasteiger partial charge in [0.25, 0.3) is 0 Å². The van der Waals surface area contributed by atoms with Crippen molar-refractivity contribution in [2.24, 2.45) is 5.92 Å². The van der Waals surface area contributed by atoms with Crippen LogP contribution in [0, 0.1) is 5.92 Å². The SMILES string of the molecule is C[C@@H](COc1ccnc2c1CCC2)CC1=Cc2ccc(OCc3ccccc3)cc2C12CCC(Nc1cccc(Cl)c1)(C(=O)O)CC2. The second kappa shape index (κ2) is 13.1. The molecular formula is C40H41ClN2O4. The number of nitrogens with one attached hydrogen (secondary N) is 1. The van der Waals surface area contributed by atoms with Crippen molar-refractivity contribution < 1.29 is 19.4 Å². The summed E-state index contributed by atoms with van der Waals surface area (Å²) in [5, 5.41) is 14.5. The molecule has 3 aliphatic rings. The highest BCUT2D eigenvalue weighted by Crippen LogP contribution is 2.55. The molecule has 3 aliphatic carbocycles. The lowest BCUT2D eigenvalue weighted by molar-refractivity contribution is -0.143. The first kappa shape index (κ1) is 31.3. The summed E-state index contributed by atoms with van der Waals surface area (Å²) in [7, 11) is 0. The van der Waals surface area contributed by atoms with Gasteiger partial charge in [0.05, 0.1) is 6.61 Å². The fourth-order valence-corrected chi connectivity index (χ4v) is 8.01. The van der Waals surface area contributed by atoms with Crippen LogP contribution in [0.2, 0.25) is 5.02 Å². The summed E-state index contributed by atoms with van der Waals surface area (Å²) in [6, 6.07) is 25.9. The van der Waals surface area contributed by atoms with Crippen molar-refractivity contribution in [3.8, 4) is 11.5 Å². The van der Waals surface area contributed by atoms with Crippen LogP contribution < -0.4 is 14.8 Å². The lowest BCUT2D eigenvalue weighted by Gasteiger charge is -2.46. The first-order chi connectivity index (χ1) is 22.8. The van der Waals surface area contributed by atoms with E-state index in [1.54, 1.807) is 12.1 Å². The average molecular weight is 649 g/mol. The van der Waals surface area contributed by atoms with Gasteiger partial charge in [-0.25, -0.2) is 4.79 Å². The van der Waals surface area contributed by atoms with E-state index in [0.717, 1.165) is 48.4 Å². The van der Waals surface area contributed by atoms with Gasteiger partial charge in [0, 0.05) is 33.6 Å². The molecule has 6 nitrogen and oxygen atoms in total. The maximum absolute atomic E-state index is 12.9. The van der Waals surface area contributed by atoms with Crippen molar-refractivity contribution in [1.82, 2.24) is 4.98 Å². The highest BCUT2D eigenvalue weighted by molar-refractivity contribution is 6.30. The van der Waals surface area contributed by atoms with Gasteiger partial charge in [0.1, 0.15) is 23.6 Å². The Morgan fingerprint density at radius 1 is 0.979 bits per heavy atom. The van der Waals surface area contributed by atoms with Crippen LogP contribution in [0.15, 0.2) is 90.6 Å². The first-order valence-electron chi connectivity index (χ1n) is 16.7. The highest BCUT2D eigenvalue weighted by Gasteiger charge is 2.51. The molecule has 3 aromatic carbocycles. The minimum atomic E-state index is -1.08. The summed E-state index contributed by atoms with van der Waals surface area (Å²) in [6.45, 7) is 3.35. The molecule has 7 heteroatoms. The minimum absolute atomic E-state index is 0.266. The second-order valence-corrected chi connectivity index (χ2v) is 13.9. The smallest absolute Gasteiger partial charge is 0.329 e. The lowest BCUT2D eigenvalue weighted by atomic mass is 9.61. The normalized spacial score (nSPS) is 21.9. The number of nitrogens with zero attached hydrogens (tertiary/aromatic N) is 1. The van der Waals surface area contributed by atoms with Gasteiger partial charge in [-0.15, -0.1) is 0 Å². The van der Waals surface area contributed by atoms with Gasteiger partial charge >= 0.3 is 5.97 Å². The van der Waals surface area contributed by atoms with Crippen LogP contribution in [0.1, 0.15) is 73.4 Å². The minimum Gasteiger partial charge on any atom is -0.493 e. The summed E-state index contributed by atoms with van der Waals surface area (Å²) < 4.78 is 12.7. The van der Waals surface area contributed by atoms with Crippen LogP contribution in [-0.2, 0) is 29.7 Å². The van der Waals surface area contributed by atoms with Gasteiger partial charge in [-0.2, -0.15) is 0 Å². The lowest BCUT2D eigenvalue weighted by Crippen LogP contribution is -2.52. The maximum atomic E-state index is 12.9. The van der Waals surface area contributed by atoms with E-state index in [1.165, 1.54) is 28.0 Å². The van der Waals surface area contributed by atoms with E-state index in [4.69, 9.17) is 21.1 Å². The number of allylic oxidation sites excluding steroid dienone is 1. The Kier molecular flexibility index (Phi) is 8.71. The van der Waals surface area contributed by atoms with E-state index >= 15 is 0 Å². The third-order valence-electron chi connectivity index (χ3n) is 10.3. The summed E-state index contributed by atoms with van der Waals surface area (Å²) >= 11 is 6.26. The molecule has 0 radical (unpaired) electrons. The number of aliphatic carboxylic acids is 1. The molecule has 4 aromatic rings. The molecule has 242 valence electrons. The van der Waals surface area contributed by atoms with Crippen LogP contribution in [0.5, 0.6) is 11.5 Å². The molecule has 1 saturated carbocycles. The molecule has 2 N–H and O–H groups in total. The molecule has 1 spiro atoms. The Balaban J connectivity index is 1.14. The van der Waals surface area contributed by atoms with Crippen LogP contribution >= 0.6 is 11.6 Å². The number of aromatic nitrogens is 1. The summed E-state index contributed by atoms with van der Waals surface area (Å²) in [6.07, 6.45) is 10.6. The van der Waals surface area contributed by atoms with E-state index in [1.807, 2.05) is 42.6 Å². The molecule has 0 bridgehead atoms. The number of aryl methyl sites for hydroxylation is 1. The van der Waals surface area contributed by atoms with Crippen molar-refractivity contribution >= 4 is 29.3 Å². The van der Waals surface area contributed by atoms with Crippen molar-refractivity contribution in [1.29, 1.82) is 0 Å². The Bertz CT molecular complexity index is 1800. The molecule has 1 fully saturated rings. The number of carboxylic acid groups (broad SMARTS) is 1. The third kappa shape index (κ3) is 6.36. The van der Waals surface area contributed by atoms with Gasteiger partial charge in [-0.3, -0.25) is 4.98 Å². The van der Waals surface area contributed by atoms with E-state index in [-0.39, 0.29) is 11.3 Å². The Morgan fingerprint density at radius 3 is 2.60 bits per heavy atom. The summed E-state index contributed by atoms with van der Waals surface area (Å²) in [5.74, 6) is 1.23. The largest absolute Gasteiger partial charge is 0.493 e. The second-order valence-electron chi connectivity index (χ2n) is 13.5. The summed E-state index contributed by atoms with van der Waals surface area (Å²) in [4.78, 5) is 17.4. The number of carboxylic acids is 1. The van der Waals surface area contributed by atoms with Gasteiger partial charge in [-0.05, 0) is 110 Å². The van der Waals surface area contributed by atoms with Crippen LogP contribution in [0.3, 0.4) is 0 Å². The zero-order chi connectivity index (χ0) is 32.4. The van der Waals surface area contributed by atoms with Crippen LogP contribution in [0.4, 0.5) is 5.69 Å². The predicted octanol–water partition coefficient (Wildman–Crippen LogP) is 9.05. The van der Waals surface area contributed by atoms with E-state index in [9.17, 15) is 9.90 Å².